The zero-order chi connectivity index (χ0) is 12.8. The minimum atomic E-state index is -0.992. The Morgan fingerprint density at radius 2 is 1.78 bits per heavy atom. The van der Waals surface area contributed by atoms with E-state index in [1.165, 1.54) is 38.5 Å². The van der Waals surface area contributed by atoms with Crippen LogP contribution in [0, 0.1) is 0 Å². The Balaban J connectivity index is 0. The van der Waals surface area contributed by atoms with Crippen LogP contribution < -0.4 is 40.0 Å². The summed E-state index contributed by atoms with van der Waals surface area (Å²) in [5.41, 5.74) is 0. The van der Waals surface area contributed by atoms with Gasteiger partial charge in [0.25, 0.3) is 0 Å². The van der Waals surface area contributed by atoms with Crippen LogP contribution in [0.15, 0.2) is 12.2 Å². The van der Waals surface area contributed by atoms with Crippen molar-refractivity contribution in [3.05, 3.63) is 12.2 Å². The number of rotatable bonds is 12. The van der Waals surface area contributed by atoms with Gasteiger partial charge in [0, 0.05) is 19.1 Å². The number of nitrogens with one attached hydrogen (secondary N) is 1. The van der Waals surface area contributed by atoms with Gasteiger partial charge in [0.2, 0.25) is 0 Å². The molecule has 4 heteroatoms. The number of carbonyl (C=O) groups excluding carboxylic acids is 1. The Bertz CT molecular complexity index is 208. The first-order valence-corrected chi connectivity index (χ1v) is 6.83. The minimum Gasteiger partial charge on any atom is -0.550 e. The molecule has 0 bridgehead atoms. The van der Waals surface area contributed by atoms with E-state index in [1.807, 2.05) is 0 Å². The summed E-state index contributed by atoms with van der Waals surface area (Å²) >= 11 is 0. The quantitative estimate of drug-likeness (QED) is 0.280. The van der Waals surface area contributed by atoms with Crippen molar-refractivity contribution in [2.24, 2.45) is 0 Å². The standard InChI is InChI=1S/C14H27NO2.Na/c1-2-3-4-5-6-7-8-9-10-12-15-13-11-14(16)17;/h9-10,15H,2-8,11-13H2,1H3,(H,16,17);/q;+1/p-1. The molecule has 0 saturated carbocycles. The molecule has 0 spiro atoms. The van der Waals surface area contributed by atoms with Gasteiger partial charge in [0.1, 0.15) is 0 Å². The van der Waals surface area contributed by atoms with Gasteiger partial charge >= 0.3 is 29.6 Å². The van der Waals surface area contributed by atoms with Crippen LogP contribution in [0.3, 0.4) is 0 Å². The summed E-state index contributed by atoms with van der Waals surface area (Å²) in [4.78, 5) is 10.1. The molecule has 0 aromatic rings. The van der Waals surface area contributed by atoms with Crippen LogP contribution in [-0.2, 0) is 4.79 Å². The first kappa shape index (κ1) is 20.5. The summed E-state index contributed by atoms with van der Waals surface area (Å²) in [6.45, 7) is 3.48. The topological polar surface area (TPSA) is 52.2 Å². The fourth-order valence-electron chi connectivity index (χ4n) is 1.62. The molecule has 3 nitrogen and oxygen atoms in total. The molecule has 0 atom stereocenters. The first-order valence-electron chi connectivity index (χ1n) is 6.83. The number of unbranched alkanes of at least 4 members (excludes halogenated alkanes) is 6. The average Bonchev–Trinajstić information content (AvgIpc) is 2.30. The van der Waals surface area contributed by atoms with E-state index in [9.17, 15) is 9.90 Å². The number of carboxylic acids is 1. The van der Waals surface area contributed by atoms with E-state index in [0.717, 1.165) is 13.0 Å². The number of carbonyl (C=O) groups is 1. The van der Waals surface area contributed by atoms with Crippen molar-refractivity contribution in [1.29, 1.82) is 0 Å². The average molecular weight is 263 g/mol. The fourth-order valence-corrected chi connectivity index (χ4v) is 1.62. The maximum Gasteiger partial charge on any atom is 1.00 e. The second-order valence-electron chi connectivity index (χ2n) is 4.35. The largest absolute Gasteiger partial charge is 1.00 e. The molecule has 0 heterocycles. The molecule has 18 heavy (non-hydrogen) atoms. The van der Waals surface area contributed by atoms with Gasteiger partial charge in [-0.3, -0.25) is 0 Å². The van der Waals surface area contributed by atoms with E-state index in [2.05, 4.69) is 24.4 Å². The van der Waals surface area contributed by atoms with E-state index in [4.69, 9.17) is 0 Å². The normalized spacial score (nSPS) is 10.5. The minimum absolute atomic E-state index is 0. The van der Waals surface area contributed by atoms with Gasteiger partial charge in [0.05, 0.1) is 0 Å². The van der Waals surface area contributed by atoms with Crippen LogP contribution in [0.4, 0.5) is 0 Å². The van der Waals surface area contributed by atoms with Crippen molar-refractivity contribution in [3.8, 4) is 0 Å². The van der Waals surface area contributed by atoms with E-state index < -0.39 is 5.97 Å². The summed E-state index contributed by atoms with van der Waals surface area (Å²) < 4.78 is 0. The maximum atomic E-state index is 10.1. The maximum absolute atomic E-state index is 10.1. The molecule has 0 amide bonds. The Morgan fingerprint density at radius 1 is 1.11 bits per heavy atom. The van der Waals surface area contributed by atoms with Gasteiger partial charge in [-0.2, -0.15) is 0 Å². The summed E-state index contributed by atoms with van der Waals surface area (Å²) in [7, 11) is 0. The first-order chi connectivity index (χ1) is 8.27. The third-order valence-corrected chi connectivity index (χ3v) is 2.66. The molecule has 100 valence electrons. The van der Waals surface area contributed by atoms with Crippen LogP contribution in [0.2, 0.25) is 0 Å². The SMILES string of the molecule is CCCCCCCCC=CCNCCC(=O)[O-].[Na+]. The van der Waals surface area contributed by atoms with Crippen LogP contribution >= 0.6 is 0 Å². The zero-order valence-electron chi connectivity index (χ0n) is 12.0. The van der Waals surface area contributed by atoms with Crippen molar-refractivity contribution < 1.29 is 39.5 Å². The van der Waals surface area contributed by atoms with Crippen molar-refractivity contribution in [1.82, 2.24) is 5.32 Å². The molecule has 0 rings (SSSR count). The molecule has 0 aliphatic carbocycles. The van der Waals surface area contributed by atoms with E-state index in [-0.39, 0.29) is 36.0 Å². The van der Waals surface area contributed by atoms with Crippen LogP contribution in [0.25, 0.3) is 0 Å². The predicted molar refractivity (Wildman–Crippen MR) is 69.6 cm³/mol. The summed E-state index contributed by atoms with van der Waals surface area (Å²) in [5, 5.41) is 13.1. The molecule has 0 radical (unpaired) electrons. The smallest absolute Gasteiger partial charge is 0.550 e. The van der Waals surface area contributed by atoms with Crippen molar-refractivity contribution in [3.63, 3.8) is 0 Å². The molecule has 0 aromatic carbocycles. The zero-order valence-corrected chi connectivity index (χ0v) is 14.0. The van der Waals surface area contributed by atoms with Gasteiger partial charge in [-0.1, -0.05) is 51.2 Å². The number of aliphatic carboxylic acids is 1. The Hall–Kier alpha value is 0.170. The molecular weight excluding hydrogens is 237 g/mol. The van der Waals surface area contributed by atoms with Gasteiger partial charge in [0.15, 0.2) is 0 Å². The molecule has 0 fully saturated rings. The number of carboxylic acid groups (broad SMARTS) is 1. The third kappa shape index (κ3) is 18.5. The Morgan fingerprint density at radius 3 is 2.44 bits per heavy atom. The van der Waals surface area contributed by atoms with Gasteiger partial charge < -0.3 is 15.2 Å². The Labute approximate surface area is 134 Å². The monoisotopic (exact) mass is 263 g/mol. The summed E-state index contributed by atoms with van der Waals surface area (Å²) in [6.07, 6.45) is 13.4. The molecule has 0 aliphatic rings. The molecular formula is C14H26NNaO2. The molecule has 0 aliphatic heterocycles. The predicted octanol–water partition coefficient (Wildman–Crippen LogP) is -0.973. The Kier molecular flexibility index (Phi) is 19.5. The fraction of sp³-hybridized carbons (Fsp3) is 0.786. The van der Waals surface area contributed by atoms with Crippen molar-refractivity contribution in [2.75, 3.05) is 13.1 Å². The van der Waals surface area contributed by atoms with Crippen molar-refractivity contribution >= 4 is 5.97 Å². The van der Waals surface area contributed by atoms with Crippen LogP contribution in [0.5, 0.6) is 0 Å². The summed E-state index contributed by atoms with van der Waals surface area (Å²) in [5.74, 6) is -0.992. The van der Waals surface area contributed by atoms with Crippen LogP contribution in [0.1, 0.15) is 58.3 Å². The number of allylic oxidation sites excluding steroid dienone is 1. The van der Waals surface area contributed by atoms with Crippen LogP contribution in [-0.4, -0.2) is 19.1 Å². The third-order valence-electron chi connectivity index (χ3n) is 2.66. The summed E-state index contributed by atoms with van der Waals surface area (Å²) in [6, 6.07) is 0. The van der Waals surface area contributed by atoms with Crippen molar-refractivity contribution in [2.45, 2.75) is 58.3 Å². The van der Waals surface area contributed by atoms with Gasteiger partial charge in [-0.25, -0.2) is 0 Å². The van der Waals surface area contributed by atoms with Gasteiger partial charge in [-0.05, 0) is 19.3 Å². The van der Waals surface area contributed by atoms with E-state index >= 15 is 0 Å². The molecule has 0 aromatic heterocycles. The number of hydrogen-bond acceptors (Lipinski definition) is 3. The van der Waals surface area contributed by atoms with E-state index in [1.54, 1.807) is 0 Å². The molecule has 0 unspecified atom stereocenters. The number of hydrogen-bond donors (Lipinski definition) is 1. The van der Waals surface area contributed by atoms with Gasteiger partial charge in [-0.15, -0.1) is 0 Å². The molecule has 0 saturated heterocycles. The second-order valence-corrected chi connectivity index (χ2v) is 4.35. The molecule has 1 N–H and O–H groups in total. The van der Waals surface area contributed by atoms with E-state index in [0.29, 0.717) is 6.54 Å². The second kappa shape index (κ2) is 17.2.